The van der Waals surface area contributed by atoms with Crippen LogP contribution in [0.15, 0.2) is 18.2 Å². The van der Waals surface area contributed by atoms with E-state index in [1.165, 1.54) is 12.1 Å². The molecule has 0 amide bonds. The van der Waals surface area contributed by atoms with Gasteiger partial charge in [0.15, 0.2) is 5.60 Å². The molecule has 0 aromatic heterocycles. The van der Waals surface area contributed by atoms with Crippen molar-refractivity contribution >= 4 is 17.3 Å². The first-order chi connectivity index (χ1) is 8.74. The number of hydrogen-bond acceptors (Lipinski definition) is 2. The lowest BCUT2D eigenvalue weighted by Gasteiger charge is -2.32. The van der Waals surface area contributed by atoms with Gasteiger partial charge in [-0.1, -0.05) is 24.4 Å². The summed E-state index contributed by atoms with van der Waals surface area (Å²) in [7, 11) is 0. The van der Waals surface area contributed by atoms with E-state index in [9.17, 15) is 18.3 Å². The molecule has 1 atom stereocenters. The molecule has 1 fully saturated rings. The molecule has 1 saturated carbocycles. The summed E-state index contributed by atoms with van der Waals surface area (Å²) in [4.78, 5) is 0. The summed E-state index contributed by atoms with van der Waals surface area (Å²) >= 11 is 5.71. The lowest BCUT2D eigenvalue weighted by Crippen LogP contribution is -2.43. The number of rotatable bonds is 4. The first-order valence-corrected chi connectivity index (χ1v) is 6.46. The zero-order valence-electron chi connectivity index (χ0n) is 10.2. The van der Waals surface area contributed by atoms with Crippen LogP contribution in [0.25, 0.3) is 0 Å². The number of anilines is 1. The van der Waals surface area contributed by atoms with Gasteiger partial charge < -0.3 is 10.8 Å². The molecular formula is C13H15ClF3NO. The highest BCUT2D eigenvalue weighted by Crippen LogP contribution is 2.47. The predicted octanol–water partition coefficient (Wildman–Crippen LogP) is 3.86. The number of nitrogen functional groups attached to an aromatic ring is 1. The van der Waals surface area contributed by atoms with Crippen molar-refractivity contribution in [1.29, 1.82) is 0 Å². The van der Waals surface area contributed by atoms with Crippen LogP contribution >= 0.6 is 11.6 Å². The van der Waals surface area contributed by atoms with Crippen LogP contribution in [0.5, 0.6) is 0 Å². The molecule has 0 radical (unpaired) electrons. The maximum absolute atomic E-state index is 13.2. The number of nitrogens with two attached hydrogens (primary N) is 1. The summed E-state index contributed by atoms with van der Waals surface area (Å²) in [6.07, 6.45) is -2.97. The normalized spacial score (nSPS) is 19.2. The van der Waals surface area contributed by atoms with E-state index in [1.807, 2.05) is 0 Å². The molecule has 0 heterocycles. The SMILES string of the molecule is Nc1ccc(Cl)cc1[C@](O)(CCC1CC1)C(F)(F)F. The van der Waals surface area contributed by atoms with Crippen LogP contribution < -0.4 is 5.73 Å². The highest BCUT2D eigenvalue weighted by molar-refractivity contribution is 6.30. The maximum atomic E-state index is 13.2. The molecule has 0 aliphatic heterocycles. The molecular weight excluding hydrogens is 279 g/mol. The number of alkyl halides is 3. The van der Waals surface area contributed by atoms with Gasteiger partial charge in [-0.25, -0.2) is 0 Å². The Kier molecular flexibility index (Phi) is 3.71. The third-order valence-corrected chi connectivity index (χ3v) is 3.78. The Labute approximate surface area is 114 Å². The van der Waals surface area contributed by atoms with Crippen LogP contribution in [0.4, 0.5) is 18.9 Å². The minimum atomic E-state index is -4.78. The highest BCUT2D eigenvalue weighted by atomic mass is 35.5. The standard InChI is InChI=1S/C13H15ClF3NO/c14-9-3-4-11(18)10(7-9)12(19,13(15,16)17)6-5-8-1-2-8/h3-4,7-8,19H,1-2,5-6,18H2/t12-/m1/s1. The minimum Gasteiger partial charge on any atom is -0.398 e. The molecule has 2 rings (SSSR count). The molecule has 0 bridgehead atoms. The average Bonchev–Trinajstić information content (AvgIpc) is 3.11. The van der Waals surface area contributed by atoms with Crippen LogP contribution in [0.1, 0.15) is 31.2 Å². The molecule has 0 unspecified atom stereocenters. The van der Waals surface area contributed by atoms with E-state index in [4.69, 9.17) is 17.3 Å². The fraction of sp³-hybridized carbons (Fsp3) is 0.538. The van der Waals surface area contributed by atoms with Crippen molar-refractivity contribution in [1.82, 2.24) is 0 Å². The number of aliphatic hydroxyl groups is 1. The number of benzene rings is 1. The van der Waals surface area contributed by atoms with Crippen LogP contribution in [0, 0.1) is 5.92 Å². The largest absolute Gasteiger partial charge is 0.421 e. The molecule has 1 aliphatic rings. The highest BCUT2D eigenvalue weighted by Gasteiger charge is 2.55. The van der Waals surface area contributed by atoms with Crippen molar-refractivity contribution in [3.63, 3.8) is 0 Å². The Morgan fingerprint density at radius 1 is 1.32 bits per heavy atom. The van der Waals surface area contributed by atoms with Crippen LogP contribution in [-0.2, 0) is 5.60 Å². The molecule has 0 spiro atoms. The minimum absolute atomic E-state index is 0.0972. The smallest absolute Gasteiger partial charge is 0.398 e. The summed E-state index contributed by atoms with van der Waals surface area (Å²) in [6.45, 7) is 0. The summed E-state index contributed by atoms with van der Waals surface area (Å²) in [6, 6.07) is 3.78. The van der Waals surface area contributed by atoms with Crippen molar-refractivity contribution in [3.05, 3.63) is 28.8 Å². The van der Waals surface area contributed by atoms with Gasteiger partial charge in [-0.3, -0.25) is 0 Å². The zero-order chi connectivity index (χ0) is 14.3. The van der Waals surface area contributed by atoms with Crippen molar-refractivity contribution < 1.29 is 18.3 Å². The van der Waals surface area contributed by atoms with E-state index >= 15 is 0 Å². The molecule has 106 valence electrons. The van der Waals surface area contributed by atoms with Gasteiger partial charge >= 0.3 is 6.18 Å². The quantitative estimate of drug-likeness (QED) is 0.828. The van der Waals surface area contributed by atoms with Gasteiger partial charge in [0, 0.05) is 16.3 Å². The average molecular weight is 294 g/mol. The van der Waals surface area contributed by atoms with Gasteiger partial charge in [0.1, 0.15) is 0 Å². The summed E-state index contributed by atoms with van der Waals surface area (Å²) in [5.41, 5.74) is 2.20. The molecule has 6 heteroatoms. The molecule has 1 aliphatic carbocycles. The first-order valence-electron chi connectivity index (χ1n) is 6.08. The van der Waals surface area contributed by atoms with Crippen LogP contribution in [0.3, 0.4) is 0 Å². The van der Waals surface area contributed by atoms with Crippen LogP contribution in [0.2, 0.25) is 5.02 Å². The fourth-order valence-corrected chi connectivity index (χ4v) is 2.31. The van der Waals surface area contributed by atoms with Gasteiger partial charge in [-0.2, -0.15) is 13.2 Å². The second kappa shape index (κ2) is 4.87. The summed E-state index contributed by atoms with van der Waals surface area (Å²) in [5, 5.41) is 10.3. The molecule has 3 N–H and O–H groups in total. The van der Waals surface area contributed by atoms with E-state index in [0.29, 0.717) is 6.42 Å². The lowest BCUT2D eigenvalue weighted by molar-refractivity contribution is -0.269. The van der Waals surface area contributed by atoms with E-state index in [0.717, 1.165) is 18.9 Å². The topological polar surface area (TPSA) is 46.2 Å². The fourth-order valence-electron chi connectivity index (χ4n) is 2.14. The van der Waals surface area contributed by atoms with Gasteiger partial charge in [0.2, 0.25) is 0 Å². The van der Waals surface area contributed by atoms with Crippen molar-refractivity contribution in [2.75, 3.05) is 5.73 Å². The summed E-state index contributed by atoms with van der Waals surface area (Å²) in [5.74, 6) is 0.286. The maximum Gasteiger partial charge on any atom is 0.421 e. The third-order valence-electron chi connectivity index (χ3n) is 3.54. The van der Waals surface area contributed by atoms with E-state index in [-0.39, 0.29) is 28.6 Å². The lowest BCUT2D eigenvalue weighted by atomic mass is 9.86. The molecule has 2 nitrogen and oxygen atoms in total. The Balaban J connectivity index is 2.37. The van der Waals surface area contributed by atoms with E-state index in [1.54, 1.807) is 0 Å². The second-order valence-electron chi connectivity index (χ2n) is 5.07. The Hall–Kier alpha value is -0.940. The van der Waals surface area contributed by atoms with Crippen molar-refractivity contribution in [2.24, 2.45) is 5.92 Å². The summed E-state index contributed by atoms with van der Waals surface area (Å²) < 4.78 is 39.7. The van der Waals surface area contributed by atoms with Crippen molar-refractivity contribution in [3.8, 4) is 0 Å². The monoisotopic (exact) mass is 293 g/mol. The molecule has 19 heavy (non-hydrogen) atoms. The van der Waals surface area contributed by atoms with Gasteiger partial charge in [0.05, 0.1) is 0 Å². The van der Waals surface area contributed by atoms with Crippen molar-refractivity contribution in [2.45, 2.75) is 37.5 Å². The van der Waals surface area contributed by atoms with E-state index in [2.05, 4.69) is 0 Å². The Morgan fingerprint density at radius 3 is 2.47 bits per heavy atom. The zero-order valence-corrected chi connectivity index (χ0v) is 10.9. The Bertz CT molecular complexity index is 473. The van der Waals surface area contributed by atoms with Gasteiger partial charge in [0.25, 0.3) is 0 Å². The second-order valence-corrected chi connectivity index (χ2v) is 5.51. The van der Waals surface area contributed by atoms with Gasteiger partial charge in [-0.05, 0) is 37.0 Å². The predicted molar refractivity (Wildman–Crippen MR) is 67.8 cm³/mol. The number of hydrogen-bond donors (Lipinski definition) is 2. The van der Waals surface area contributed by atoms with Gasteiger partial charge in [-0.15, -0.1) is 0 Å². The first kappa shape index (κ1) is 14.5. The molecule has 0 saturated heterocycles. The molecule has 1 aromatic carbocycles. The van der Waals surface area contributed by atoms with E-state index < -0.39 is 11.8 Å². The van der Waals surface area contributed by atoms with Crippen LogP contribution in [-0.4, -0.2) is 11.3 Å². The third kappa shape index (κ3) is 2.98. The molecule has 1 aromatic rings. The Morgan fingerprint density at radius 2 is 1.95 bits per heavy atom. The number of halogens is 4.